The molecule has 0 saturated heterocycles. The number of halogens is 1. The molecule has 0 bridgehead atoms. The minimum Gasteiger partial charge on any atom is -0.368 e. The lowest BCUT2D eigenvalue weighted by Gasteiger charge is -2.34. The summed E-state index contributed by atoms with van der Waals surface area (Å²) in [5, 5.41) is 0. The molecule has 3 nitrogen and oxygen atoms in total. The van der Waals surface area contributed by atoms with Gasteiger partial charge in [0.1, 0.15) is 0 Å². The van der Waals surface area contributed by atoms with Gasteiger partial charge in [-0.15, -0.1) is 0 Å². The molecule has 0 spiro atoms. The van der Waals surface area contributed by atoms with Crippen molar-refractivity contribution in [3.63, 3.8) is 0 Å². The Morgan fingerprint density at radius 1 is 1.25 bits per heavy atom. The molecule has 20 heavy (non-hydrogen) atoms. The Morgan fingerprint density at radius 3 is 2.40 bits per heavy atom. The molecule has 0 radical (unpaired) electrons. The number of anilines is 1. The van der Waals surface area contributed by atoms with Crippen LogP contribution in [-0.2, 0) is 6.42 Å². The van der Waals surface area contributed by atoms with Gasteiger partial charge in [0, 0.05) is 35.3 Å². The Hall–Kier alpha value is -0.580. The SMILES string of the molecule is CCN(c1cc(Br)ccc1CC(C)N)C(C)CN(C)C. The molecule has 0 aliphatic heterocycles. The molecule has 1 aromatic carbocycles. The van der Waals surface area contributed by atoms with E-state index < -0.39 is 0 Å². The standard InChI is InChI=1S/C16H28BrN3/c1-6-20(13(3)11-19(4)5)16-10-15(17)8-7-14(16)9-12(2)18/h7-8,10,12-13H,6,9,11,18H2,1-5H3. The third-order valence-corrected chi connectivity index (χ3v) is 3.89. The van der Waals surface area contributed by atoms with Gasteiger partial charge in [0.25, 0.3) is 0 Å². The molecule has 2 N–H and O–H groups in total. The van der Waals surface area contributed by atoms with Gasteiger partial charge in [0.05, 0.1) is 0 Å². The van der Waals surface area contributed by atoms with Gasteiger partial charge in [-0.3, -0.25) is 0 Å². The number of nitrogens with zero attached hydrogens (tertiary/aromatic N) is 2. The molecule has 4 heteroatoms. The summed E-state index contributed by atoms with van der Waals surface area (Å²) in [6, 6.07) is 7.15. The summed E-state index contributed by atoms with van der Waals surface area (Å²) in [6.45, 7) is 8.59. The maximum atomic E-state index is 5.99. The van der Waals surface area contributed by atoms with Crippen LogP contribution in [-0.4, -0.2) is 44.2 Å². The third-order valence-electron chi connectivity index (χ3n) is 3.40. The monoisotopic (exact) mass is 341 g/mol. The molecule has 0 fully saturated rings. The van der Waals surface area contributed by atoms with Crippen molar-refractivity contribution in [3.05, 3.63) is 28.2 Å². The van der Waals surface area contributed by atoms with E-state index in [-0.39, 0.29) is 6.04 Å². The molecule has 0 saturated carbocycles. The van der Waals surface area contributed by atoms with Crippen molar-refractivity contribution < 1.29 is 0 Å². The van der Waals surface area contributed by atoms with Crippen LogP contribution in [0.3, 0.4) is 0 Å². The lowest BCUT2D eigenvalue weighted by Crippen LogP contribution is -2.40. The minimum absolute atomic E-state index is 0.179. The van der Waals surface area contributed by atoms with Crippen LogP contribution in [0.1, 0.15) is 26.3 Å². The first kappa shape index (κ1) is 17.5. The molecule has 0 heterocycles. The average molecular weight is 342 g/mol. The van der Waals surface area contributed by atoms with E-state index in [4.69, 9.17) is 5.73 Å². The molecule has 2 atom stereocenters. The fourth-order valence-corrected chi connectivity index (χ4v) is 3.02. The van der Waals surface area contributed by atoms with Gasteiger partial charge in [0.15, 0.2) is 0 Å². The summed E-state index contributed by atoms with van der Waals surface area (Å²) in [5.74, 6) is 0. The summed E-state index contributed by atoms with van der Waals surface area (Å²) in [6.07, 6.45) is 0.911. The average Bonchev–Trinajstić information content (AvgIpc) is 2.32. The van der Waals surface area contributed by atoms with Gasteiger partial charge in [-0.2, -0.15) is 0 Å². The Morgan fingerprint density at radius 2 is 1.90 bits per heavy atom. The van der Waals surface area contributed by atoms with Crippen molar-refractivity contribution in [2.45, 2.75) is 39.3 Å². The number of hydrogen-bond acceptors (Lipinski definition) is 3. The second-order valence-corrected chi connectivity index (χ2v) is 6.77. The molecule has 114 valence electrons. The molecule has 1 rings (SSSR count). The zero-order valence-corrected chi connectivity index (χ0v) is 14.9. The van der Waals surface area contributed by atoms with Crippen LogP contribution in [0.15, 0.2) is 22.7 Å². The summed E-state index contributed by atoms with van der Waals surface area (Å²) >= 11 is 3.59. The van der Waals surface area contributed by atoms with Gasteiger partial charge < -0.3 is 15.5 Å². The lowest BCUT2D eigenvalue weighted by atomic mass is 10.0. The summed E-state index contributed by atoms with van der Waals surface area (Å²) in [7, 11) is 4.24. The highest BCUT2D eigenvalue weighted by atomic mass is 79.9. The zero-order valence-electron chi connectivity index (χ0n) is 13.4. The van der Waals surface area contributed by atoms with E-state index in [9.17, 15) is 0 Å². The molecule has 0 aliphatic carbocycles. The Labute approximate surface area is 132 Å². The van der Waals surface area contributed by atoms with Crippen molar-refractivity contribution in [2.24, 2.45) is 5.73 Å². The first-order valence-electron chi connectivity index (χ1n) is 7.30. The van der Waals surface area contributed by atoms with E-state index in [0.29, 0.717) is 6.04 Å². The normalized spacial score (nSPS) is 14.4. The minimum atomic E-state index is 0.179. The summed E-state index contributed by atoms with van der Waals surface area (Å²) in [5.41, 5.74) is 8.62. The van der Waals surface area contributed by atoms with Gasteiger partial charge in [-0.05, 0) is 59.0 Å². The van der Waals surface area contributed by atoms with Crippen molar-refractivity contribution in [2.75, 3.05) is 32.1 Å². The van der Waals surface area contributed by atoms with Crippen molar-refractivity contribution in [1.82, 2.24) is 4.90 Å². The van der Waals surface area contributed by atoms with Gasteiger partial charge >= 0.3 is 0 Å². The predicted molar refractivity (Wildman–Crippen MR) is 92.5 cm³/mol. The van der Waals surface area contributed by atoms with Crippen LogP contribution in [0.25, 0.3) is 0 Å². The second-order valence-electron chi connectivity index (χ2n) is 5.85. The van der Waals surface area contributed by atoms with Gasteiger partial charge in [0.2, 0.25) is 0 Å². The van der Waals surface area contributed by atoms with E-state index in [1.165, 1.54) is 11.3 Å². The molecular weight excluding hydrogens is 314 g/mol. The fraction of sp³-hybridized carbons (Fsp3) is 0.625. The van der Waals surface area contributed by atoms with Crippen LogP contribution in [0.4, 0.5) is 5.69 Å². The Bertz CT molecular complexity index is 418. The second kappa shape index (κ2) is 8.01. The van der Waals surface area contributed by atoms with Crippen LogP contribution in [0.2, 0.25) is 0 Å². The number of likely N-dealkylation sites (N-methyl/N-ethyl adjacent to an activating group) is 2. The number of nitrogens with two attached hydrogens (primary N) is 1. The van der Waals surface area contributed by atoms with E-state index in [1.807, 2.05) is 0 Å². The van der Waals surface area contributed by atoms with Gasteiger partial charge in [-0.25, -0.2) is 0 Å². The van der Waals surface area contributed by atoms with Gasteiger partial charge in [-0.1, -0.05) is 22.0 Å². The van der Waals surface area contributed by atoms with Crippen molar-refractivity contribution >= 4 is 21.6 Å². The van der Waals surface area contributed by atoms with Crippen LogP contribution >= 0.6 is 15.9 Å². The zero-order chi connectivity index (χ0) is 15.3. The number of rotatable bonds is 7. The topological polar surface area (TPSA) is 32.5 Å². The molecule has 0 amide bonds. The molecule has 1 aromatic rings. The molecule has 2 unspecified atom stereocenters. The first-order chi connectivity index (χ1) is 9.35. The largest absolute Gasteiger partial charge is 0.368 e. The highest BCUT2D eigenvalue weighted by Crippen LogP contribution is 2.27. The van der Waals surface area contributed by atoms with Crippen LogP contribution < -0.4 is 10.6 Å². The number of benzene rings is 1. The predicted octanol–water partition coefficient (Wildman–Crippen LogP) is 3.12. The highest BCUT2D eigenvalue weighted by molar-refractivity contribution is 9.10. The fourth-order valence-electron chi connectivity index (χ4n) is 2.67. The Balaban J connectivity index is 3.08. The molecular formula is C16H28BrN3. The first-order valence-corrected chi connectivity index (χ1v) is 8.09. The van der Waals surface area contributed by atoms with E-state index in [0.717, 1.165) is 24.0 Å². The van der Waals surface area contributed by atoms with Crippen LogP contribution in [0.5, 0.6) is 0 Å². The van der Waals surface area contributed by atoms with Crippen molar-refractivity contribution in [3.8, 4) is 0 Å². The number of hydrogen-bond donors (Lipinski definition) is 1. The van der Waals surface area contributed by atoms with E-state index in [1.54, 1.807) is 0 Å². The van der Waals surface area contributed by atoms with Crippen molar-refractivity contribution in [1.29, 1.82) is 0 Å². The summed E-state index contributed by atoms with van der Waals surface area (Å²) < 4.78 is 1.12. The maximum absolute atomic E-state index is 5.99. The quantitative estimate of drug-likeness (QED) is 0.826. The molecule has 0 aliphatic rings. The van der Waals surface area contributed by atoms with Crippen LogP contribution in [0, 0.1) is 0 Å². The molecule has 0 aromatic heterocycles. The third kappa shape index (κ3) is 5.08. The smallest absolute Gasteiger partial charge is 0.0413 e. The van der Waals surface area contributed by atoms with E-state index in [2.05, 4.69) is 78.8 Å². The highest BCUT2D eigenvalue weighted by Gasteiger charge is 2.17. The lowest BCUT2D eigenvalue weighted by molar-refractivity contribution is 0.372. The van der Waals surface area contributed by atoms with E-state index >= 15 is 0 Å². The Kier molecular flexibility index (Phi) is 7.00. The summed E-state index contributed by atoms with van der Waals surface area (Å²) in [4.78, 5) is 4.69. The maximum Gasteiger partial charge on any atom is 0.0413 e.